The number of hydrogen-bond donors (Lipinski definition) is 2. The Kier molecular flexibility index (Phi) is 5.02. The maximum absolute atomic E-state index is 12.9. The first-order chi connectivity index (χ1) is 13.6. The van der Waals surface area contributed by atoms with Crippen molar-refractivity contribution in [1.29, 1.82) is 0 Å². The number of fused-ring (bicyclic) bond motifs is 1. The fourth-order valence-electron chi connectivity index (χ4n) is 3.70. The molecule has 144 valence electrons. The molecule has 1 aromatic heterocycles. The molecule has 1 heterocycles. The van der Waals surface area contributed by atoms with E-state index < -0.39 is 17.3 Å². The highest BCUT2D eigenvalue weighted by Crippen LogP contribution is 2.26. The molecule has 0 radical (unpaired) electrons. The van der Waals surface area contributed by atoms with Crippen LogP contribution in [0.2, 0.25) is 0 Å². The SMILES string of the molecule is O=C(NC1CCCC1)c1c(O)n(OCc2ccccc2)c(=O)c2ccccc12. The van der Waals surface area contributed by atoms with Crippen molar-refractivity contribution in [2.75, 3.05) is 0 Å². The highest BCUT2D eigenvalue weighted by molar-refractivity contribution is 6.08. The highest BCUT2D eigenvalue weighted by Gasteiger charge is 2.25. The number of amides is 1. The summed E-state index contributed by atoms with van der Waals surface area (Å²) in [6, 6.07) is 16.2. The van der Waals surface area contributed by atoms with Crippen LogP contribution in [0.25, 0.3) is 10.8 Å². The van der Waals surface area contributed by atoms with Crippen molar-refractivity contribution in [3.63, 3.8) is 0 Å². The fraction of sp³-hybridized carbons (Fsp3) is 0.273. The first-order valence-electron chi connectivity index (χ1n) is 9.50. The lowest BCUT2D eigenvalue weighted by Crippen LogP contribution is -2.35. The molecule has 0 bridgehead atoms. The van der Waals surface area contributed by atoms with Crippen molar-refractivity contribution < 1.29 is 14.7 Å². The monoisotopic (exact) mass is 378 g/mol. The van der Waals surface area contributed by atoms with Gasteiger partial charge in [0.15, 0.2) is 0 Å². The van der Waals surface area contributed by atoms with E-state index in [2.05, 4.69) is 5.32 Å². The van der Waals surface area contributed by atoms with Gasteiger partial charge in [-0.1, -0.05) is 61.4 Å². The molecule has 1 aliphatic carbocycles. The van der Waals surface area contributed by atoms with Gasteiger partial charge in [-0.05, 0) is 24.5 Å². The Morgan fingerprint density at radius 1 is 1.04 bits per heavy atom. The Balaban J connectivity index is 1.74. The Bertz CT molecular complexity index is 1050. The summed E-state index contributed by atoms with van der Waals surface area (Å²) in [6.45, 7) is 0.0936. The van der Waals surface area contributed by atoms with E-state index in [1.54, 1.807) is 24.3 Å². The number of carbonyl (C=O) groups excluding carboxylic acids is 1. The summed E-state index contributed by atoms with van der Waals surface area (Å²) >= 11 is 0. The van der Waals surface area contributed by atoms with E-state index in [0.717, 1.165) is 36.0 Å². The van der Waals surface area contributed by atoms with Crippen LogP contribution in [0.5, 0.6) is 5.88 Å². The Morgan fingerprint density at radius 3 is 2.39 bits per heavy atom. The number of aromatic hydroxyl groups is 1. The van der Waals surface area contributed by atoms with Gasteiger partial charge in [0.05, 0.1) is 5.39 Å². The van der Waals surface area contributed by atoms with E-state index in [1.807, 2.05) is 30.3 Å². The van der Waals surface area contributed by atoms with E-state index in [0.29, 0.717) is 10.8 Å². The number of rotatable bonds is 5. The van der Waals surface area contributed by atoms with Gasteiger partial charge in [0.2, 0.25) is 5.88 Å². The van der Waals surface area contributed by atoms with Crippen LogP contribution in [0.1, 0.15) is 41.6 Å². The summed E-state index contributed by atoms with van der Waals surface area (Å²) in [5.41, 5.74) is 0.413. The molecule has 0 aliphatic heterocycles. The van der Waals surface area contributed by atoms with Crippen LogP contribution in [-0.4, -0.2) is 21.8 Å². The van der Waals surface area contributed by atoms with Crippen LogP contribution in [0.3, 0.4) is 0 Å². The third-order valence-electron chi connectivity index (χ3n) is 5.15. The summed E-state index contributed by atoms with van der Waals surface area (Å²) in [6.07, 6.45) is 4.01. The largest absolute Gasteiger partial charge is 0.492 e. The minimum atomic E-state index is -0.499. The summed E-state index contributed by atoms with van der Waals surface area (Å²) in [7, 11) is 0. The van der Waals surface area contributed by atoms with Crippen molar-refractivity contribution in [3.8, 4) is 5.88 Å². The van der Waals surface area contributed by atoms with Gasteiger partial charge in [-0.15, -0.1) is 4.73 Å². The van der Waals surface area contributed by atoms with Crippen LogP contribution in [0, 0.1) is 0 Å². The maximum atomic E-state index is 12.9. The lowest BCUT2D eigenvalue weighted by molar-refractivity contribution is 0.0697. The number of aromatic nitrogens is 1. The molecule has 2 aromatic carbocycles. The number of benzene rings is 2. The molecule has 1 fully saturated rings. The van der Waals surface area contributed by atoms with Crippen LogP contribution >= 0.6 is 0 Å². The second-order valence-electron chi connectivity index (χ2n) is 7.06. The minimum Gasteiger partial charge on any atom is -0.492 e. The molecular formula is C22H22N2O4. The van der Waals surface area contributed by atoms with E-state index in [4.69, 9.17) is 4.84 Å². The average Bonchev–Trinajstić information content (AvgIpc) is 3.22. The molecule has 0 atom stereocenters. The smallest absolute Gasteiger partial charge is 0.294 e. The molecule has 4 rings (SSSR count). The number of nitrogens with zero attached hydrogens (tertiary/aromatic N) is 1. The number of hydrogen-bond acceptors (Lipinski definition) is 4. The Morgan fingerprint density at radius 2 is 1.68 bits per heavy atom. The molecule has 1 aliphatic rings. The molecule has 6 nitrogen and oxygen atoms in total. The van der Waals surface area contributed by atoms with Gasteiger partial charge < -0.3 is 15.3 Å². The summed E-state index contributed by atoms with van der Waals surface area (Å²) < 4.78 is 0.818. The van der Waals surface area contributed by atoms with Gasteiger partial charge in [0, 0.05) is 11.4 Å². The van der Waals surface area contributed by atoms with Crippen molar-refractivity contribution in [2.45, 2.75) is 38.3 Å². The van der Waals surface area contributed by atoms with E-state index in [1.165, 1.54) is 0 Å². The van der Waals surface area contributed by atoms with Crippen molar-refractivity contribution >= 4 is 16.7 Å². The van der Waals surface area contributed by atoms with Gasteiger partial charge in [-0.2, -0.15) is 0 Å². The quantitative estimate of drug-likeness (QED) is 0.715. The lowest BCUT2D eigenvalue weighted by atomic mass is 10.1. The van der Waals surface area contributed by atoms with Crippen LogP contribution in [-0.2, 0) is 6.61 Å². The zero-order valence-corrected chi connectivity index (χ0v) is 15.4. The average molecular weight is 378 g/mol. The summed E-state index contributed by atoms with van der Waals surface area (Å²) in [5.74, 6) is -0.868. The van der Waals surface area contributed by atoms with Gasteiger partial charge >= 0.3 is 0 Å². The molecule has 0 saturated heterocycles. The zero-order chi connectivity index (χ0) is 19.5. The third-order valence-corrected chi connectivity index (χ3v) is 5.15. The maximum Gasteiger partial charge on any atom is 0.294 e. The predicted octanol–water partition coefficient (Wildman–Crippen LogP) is 3.01. The Labute approximate surface area is 162 Å². The first-order valence-corrected chi connectivity index (χ1v) is 9.50. The molecular weight excluding hydrogens is 356 g/mol. The molecule has 1 amide bonds. The number of nitrogens with one attached hydrogen (secondary N) is 1. The fourth-order valence-corrected chi connectivity index (χ4v) is 3.70. The van der Waals surface area contributed by atoms with Crippen molar-refractivity contribution in [1.82, 2.24) is 10.0 Å². The minimum absolute atomic E-state index is 0.0650. The number of carbonyl (C=O) groups is 1. The van der Waals surface area contributed by atoms with E-state index >= 15 is 0 Å². The van der Waals surface area contributed by atoms with E-state index in [9.17, 15) is 14.7 Å². The second kappa shape index (κ2) is 7.76. The van der Waals surface area contributed by atoms with Crippen molar-refractivity contribution in [2.24, 2.45) is 0 Å². The molecule has 6 heteroatoms. The first kappa shape index (κ1) is 18.1. The standard InChI is InChI=1S/C22H22N2O4/c25-20(23-16-10-4-5-11-16)19-17-12-6-7-13-18(17)21(26)24(22(19)27)28-14-15-8-2-1-3-9-15/h1-3,6-9,12-13,16,27H,4-5,10-11,14H2,(H,23,25). The van der Waals surface area contributed by atoms with E-state index in [-0.39, 0.29) is 18.2 Å². The predicted molar refractivity (Wildman–Crippen MR) is 106 cm³/mol. The molecule has 0 spiro atoms. The second-order valence-corrected chi connectivity index (χ2v) is 7.06. The third kappa shape index (κ3) is 3.45. The topological polar surface area (TPSA) is 80.6 Å². The van der Waals surface area contributed by atoms with Gasteiger partial charge in [0.1, 0.15) is 12.2 Å². The lowest BCUT2D eigenvalue weighted by Gasteiger charge is -2.17. The molecule has 2 N–H and O–H groups in total. The highest BCUT2D eigenvalue weighted by atomic mass is 16.7. The van der Waals surface area contributed by atoms with Crippen LogP contribution in [0.4, 0.5) is 0 Å². The Hall–Kier alpha value is -3.28. The number of pyridine rings is 1. The molecule has 1 saturated carbocycles. The van der Waals surface area contributed by atoms with Crippen molar-refractivity contribution in [3.05, 3.63) is 76.1 Å². The van der Waals surface area contributed by atoms with Gasteiger partial charge in [-0.3, -0.25) is 9.59 Å². The zero-order valence-electron chi connectivity index (χ0n) is 15.4. The normalized spacial score (nSPS) is 14.3. The van der Waals surface area contributed by atoms with Gasteiger partial charge in [-0.25, -0.2) is 0 Å². The summed E-state index contributed by atoms with van der Waals surface area (Å²) in [5, 5.41) is 14.5. The van der Waals surface area contributed by atoms with Gasteiger partial charge in [0.25, 0.3) is 11.5 Å². The van der Waals surface area contributed by atoms with Crippen LogP contribution in [0.15, 0.2) is 59.4 Å². The summed E-state index contributed by atoms with van der Waals surface area (Å²) in [4.78, 5) is 31.4. The van der Waals surface area contributed by atoms with Crippen LogP contribution < -0.4 is 15.7 Å². The molecule has 28 heavy (non-hydrogen) atoms. The molecule has 3 aromatic rings. The molecule has 0 unspecified atom stereocenters.